The first-order valence-corrected chi connectivity index (χ1v) is 10.0. The third kappa shape index (κ3) is 5.00. The van der Waals surface area contributed by atoms with Gasteiger partial charge in [0, 0.05) is 11.1 Å². The molecule has 0 saturated heterocycles. The Hall–Kier alpha value is -3.03. The molecule has 9 heteroatoms. The number of anilines is 1. The van der Waals surface area contributed by atoms with E-state index in [0.717, 1.165) is 5.56 Å². The zero-order valence-electron chi connectivity index (χ0n) is 16.6. The number of aromatic nitrogens is 1. The number of pyridine rings is 1. The summed E-state index contributed by atoms with van der Waals surface area (Å²) in [5.41, 5.74) is 1.89. The number of nitrogens with one attached hydrogen (secondary N) is 1. The van der Waals surface area contributed by atoms with Gasteiger partial charge in [0.2, 0.25) is 5.95 Å². The number of phenols is 1. The van der Waals surface area contributed by atoms with Crippen LogP contribution in [0.1, 0.15) is 25.3 Å². The lowest BCUT2D eigenvalue weighted by Crippen LogP contribution is -2.14. The van der Waals surface area contributed by atoms with Crippen molar-refractivity contribution in [2.24, 2.45) is 0 Å². The zero-order chi connectivity index (χ0) is 22.7. The number of hydrogen-bond acceptors (Lipinski definition) is 5. The third-order valence-corrected chi connectivity index (χ3v) is 5.13. The Morgan fingerprint density at radius 2 is 1.87 bits per heavy atom. The van der Waals surface area contributed by atoms with Gasteiger partial charge in [-0.3, -0.25) is 4.79 Å². The molecule has 2 aromatic carbocycles. The van der Waals surface area contributed by atoms with Gasteiger partial charge in [0.1, 0.15) is 28.1 Å². The van der Waals surface area contributed by atoms with Gasteiger partial charge in [0.05, 0.1) is 0 Å². The largest absolute Gasteiger partial charge is 0.508 e. The fourth-order valence-electron chi connectivity index (χ4n) is 2.94. The lowest BCUT2D eigenvalue weighted by atomic mass is 9.96. The molecular weight excluding hydrogens is 446 g/mol. The van der Waals surface area contributed by atoms with E-state index in [9.17, 15) is 14.3 Å². The molecule has 0 unspecified atom stereocenters. The number of halogens is 3. The van der Waals surface area contributed by atoms with Crippen molar-refractivity contribution < 1.29 is 24.1 Å². The number of aromatic hydroxyl groups is 1. The molecule has 0 aliphatic heterocycles. The number of aliphatic carboxylic acids is 1. The van der Waals surface area contributed by atoms with Gasteiger partial charge in [0.25, 0.3) is 0 Å². The van der Waals surface area contributed by atoms with E-state index in [1.165, 1.54) is 0 Å². The zero-order valence-corrected chi connectivity index (χ0v) is 18.1. The molecule has 3 aromatic rings. The second-order valence-electron chi connectivity index (χ2n) is 6.99. The molecule has 0 radical (unpaired) electrons. The lowest BCUT2D eigenvalue weighted by Gasteiger charge is -2.18. The van der Waals surface area contributed by atoms with Crippen LogP contribution in [0.3, 0.4) is 0 Å². The molecule has 1 heterocycles. The van der Waals surface area contributed by atoms with E-state index >= 15 is 0 Å². The summed E-state index contributed by atoms with van der Waals surface area (Å²) in [7, 11) is 0. The highest BCUT2D eigenvalue weighted by atomic mass is 35.5. The minimum atomic E-state index is -1.18. The molecule has 0 amide bonds. The summed E-state index contributed by atoms with van der Waals surface area (Å²) >= 11 is 12.4. The van der Waals surface area contributed by atoms with E-state index in [1.54, 1.807) is 12.1 Å². The van der Waals surface area contributed by atoms with Crippen molar-refractivity contribution in [2.75, 3.05) is 11.9 Å². The smallest absolute Gasteiger partial charge is 0.322 e. The van der Waals surface area contributed by atoms with Gasteiger partial charge in [-0.2, -0.15) is 9.37 Å². The Morgan fingerprint density at radius 3 is 2.48 bits per heavy atom. The van der Waals surface area contributed by atoms with Crippen molar-refractivity contribution in [3.63, 3.8) is 0 Å². The number of carboxylic acid groups (broad SMARTS) is 1. The van der Waals surface area contributed by atoms with Crippen LogP contribution in [-0.4, -0.2) is 27.7 Å². The van der Waals surface area contributed by atoms with Gasteiger partial charge < -0.3 is 20.3 Å². The van der Waals surface area contributed by atoms with Crippen molar-refractivity contribution in [1.29, 1.82) is 0 Å². The maximum absolute atomic E-state index is 14.3. The van der Waals surface area contributed by atoms with Gasteiger partial charge in [0.15, 0.2) is 11.6 Å². The summed E-state index contributed by atoms with van der Waals surface area (Å²) in [6, 6.07) is 12.3. The molecule has 0 saturated carbocycles. The molecule has 1 aromatic heterocycles. The Morgan fingerprint density at radius 1 is 1.19 bits per heavy atom. The Bertz CT molecular complexity index is 1120. The molecule has 3 rings (SSSR count). The Labute approximate surface area is 188 Å². The molecule has 0 aliphatic rings. The van der Waals surface area contributed by atoms with Crippen LogP contribution in [0, 0.1) is 5.95 Å². The van der Waals surface area contributed by atoms with Gasteiger partial charge in [-0.25, -0.2) is 0 Å². The van der Waals surface area contributed by atoms with Crippen LogP contribution in [0.4, 0.5) is 10.2 Å². The van der Waals surface area contributed by atoms with Gasteiger partial charge in [-0.05, 0) is 23.6 Å². The summed E-state index contributed by atoms with van der Waals surface area (Å²) in [5, 5.41) is 21.1. The number of benzene rings is 2. The first-order valence-electron chi connectivity index (χ1n) is 9.29. The van der Waals surface area contributed by atoms with Crippen molar-refractivity contribution in [2.45, 2.75) is 19.8 Å². The number of nitrogens with zero attached hydrogens (tertiary/aromatic N) is 1. The molecule has 0 fully saturated rings. The number of rotatable bonds is 7. The van der Waals surface area contributed by atoms with Crippen molar-refractivity contribution in [1.82, 2.24) is 4.98 Å². The van der Waals surface area contributed by atoms with E-state index in [4.69, 9.17) is 33.0 Å². The van der Waals surface area contributed by atoms with Crippen molar-refractivity contribution in [3.8, 4) is 28.4 Å². The fraction of sp³-hybridized carbons (Fsp3) is 0.182. The number of phenolic OH excluding ortho intramolecular Hbond substituents is 1. The standard InChI is InChI=1S/C22H19Cl2FN2O4/c1-11(2)13-9-16(14(8-15(13)28)12-6-4-3-5-7-12)31-20-18(23)21(25)27-22(19(20)24)26-10-17(29)30/h3-9,11,28H,10H2,1-2H3,(H,26,27)(H,29,30). The highest BCUT2D eigenvalue weighted by Gasteiger charge is 2.23. The Kier molecular flexibility index (Phi) is 6.87. The van der Waals surface area contributed by atoms with E-state index in [0.29, 0.717) is 11.1 Å². The SMILES string of the molecule is CC(C)c1cc(Oc2c(Cl)c(F)nc(NCC(=O)O)c2Cl)c(-c2ccccc2)cc1O. The minimum absolute atomic E-state index is 0.0277. The summed E-state index contributed by atoms with van der Waals surface area (Å²) in [5.74, 6) is -2.35. The average Bonchev–Trinajstić information content (AvgIpc) is 2.73. The maximum atomic E-state index is 14.3. The summed E-state index contributed by atoms with van der Waals surface area (Å²) in [6.07, 6.45) is 0. The Balaban J connectivity index is 2.15. The summed E-state index contributed by atoms with van der Waals surface area (Å²) in [6.45, 7) is 3.28. The predicted molar refractivity (Wildman–Crippen MR) is 118 cm³/mol. The molecule has 162 valence electrons. The number of carbonyl (C=O) groups is 1. The molecule has 0 atom stereocenters. The topological polar surface area (TPSA) is 91.7 Å². The average molecular weight is 465 g/mol. The quantitative estimate of drug-likeness (QED) is 0.354. The van der Waals surface area contributed by atoms with Crippen molar-refractivity contribution in [3.05, 3.63) is 64.0 Å². The normalized spacial score (nSPS) is 10.9. The first kappa shape index (κ1) is 22.7. The van der Waals surface area contributed by atoms with E-state index in [-0.39, 0.29) is 34.0 Å². The molecular formula is C22H19Cl2FN2O4. The minimum Gasteiger partial charge on any atom is -0.508 e. The fourth-order valence-corrected chi connectivity index (χ4v) is 3.41. The van der Waals surface area contributed by atoms with Crippen LogP contribution in [0.2, 0.25) is 10.0 Å². The van der Waals surface area contributed by atoms with Crippen LogP contribution >= 0.6 is 23.2 Å². The van der Waals surface area contributed by atoms with Crippen LogP contribution in [-0.2, 0) is 4.79 Å². The van der Waals surface area contributed by atoms with E-state index in [2.05, 4.69) is 10.3 Å². The van der Waals surface area contributed by atoms with Crippen molar-refractivity contribution >= 4 is 35.0 Å². The third-order valence-electron chi connectivity index (χ3n) is 4.45. The van der Waals surface area contributed by atoms with Crippen LogP contribution in [0.25, 0.3) is 11.1 Å². The highest BCUT2D eigenvalue weighted by molar-refractivity contribution is 6.38. The van der Waals surface area contributed by atoms with E-state index < -0.39 is 23.5 Å². The van der Waals surface area contributed by atoms with Gasteiger partial charge in [-0.15, -0.1) is 0 Å². The summed E-state index contributed by atoms with van der Waals surface area (Å²) < 4.78 is 20.3. The molecule has 6 nitrogen and oxygen atoms in total. The molecule has 0 bridgehead atoms. The van der Waals surface area contributed by atoms with Gasteiger partial charge >= 0.3 is 5.97 Å². The van der Waals surface area contributed by atoms with Crippen LogP contribution in [0.5, 0.6) is 17.2 Å². The number of hydrogen-bond donors (Lipinski definition) is 3. The molecule has 31 heavy (non-hydrogen) atoms. The van der Waals surface area contributed by atoms with Gasteiger partial charge in [-0.1, -0.05) is 67.4 Å². The number of ether oxygens (including phenoxy) is 1. The monoisotopic (exact) mass is 464 g/mol. The second-order valence-corrected chi connectivity index (χ2v) is 7.74. The van der Waals surface area contributed by atoms with E-state index in [1.807, 2.05) is 44.2 Å². The highest BCUT2D eigenvalue weighted by Crippen LogP contribution is 2.45. The first-order chi connectivity index (χ1) is 14.7. The maximum Gasteiger partial charge on any atom is 0.322 e. The lowest BCUT2D eigenvalue weighted by molar-refractivity contribution is -0.134. The molecule has 0 aliphatic carbocycles. The second kappa shape index (κ2) is 9.41. The molecule has 3 N–H and O–H groups in total. The number of carboxylic acids is 1. The molecule has 0 spiro atoms. The van der Waals surface area contributed by atoms with Crippen LogP contribution < -0.4 is 10.1 Å². The predicted octanol–water partition coefficient (Wildman–Crippen LogP) is 6.31. The van der Waals surface area contributed by atoms with Crippen LogP contribution in [0.15, 0.2) is 42.5 Å². The summed E-state index contributed by atoms with van der Waals surface area (Å²) in [4.78, 5) is 14.4.